The summed E-state index contributed by atoms with van der Waals surface area (Å²) in [5.74, 6) is 0.363. The molecule has 3 aliphatic rings. The van der Waals surface area contributed by atoms with Crippen LogP contribution < -0.4 is 10.1 Å². The number of nitrogens with one attached hydrogen (secondary N) is 1. The van der Waals surface area contributed by atoms with Crippen molar-refractivity contribution in [3.8, 4) is 5.75 Å². The fourth-order valence-electron chi connectivity index (χ4n) is 3.81. The number of hydrogen-bond acceptors (Lipinski definition) is 5. The summed E-state index contributed by atoms with van der Waals surface area (Å²) in [4.78, 5) is 38.5. The number of anilines is 1. The number of nitrogens with zero attached hydrogens (tertiary/aromatic N) is 1. The van der Waals surface area contributed by atoms with Gasteiger partial charge in [0.05, 0.1) is 5.69 Å². The summed E-state index contributed by atoms with van der Waals surface area (Å²) in [6.07, 6.45) is 2.73. The lowest BCUT2D eigenvalue weighted by molar-refractivity contribution is -0.142. The summed E-state index contributed by atoms with van der Waals surface area (Å²) < 4.78 is 10.8. The number of piperidine rings is 1. The van der Waals surface area contributed by atoms with Gasteiger partial charge in [-0.1, -0.05) is 0 Å². The Balaban J connectivity index is 1.38. The Bertz CT molecular complexity index is 733. The van der Waals surface area contributed by atoms with Crippen molar-refractivity contribution in [1.82, 2.24) is 4.90 Å². The lowest BCUT2D eigenvalue weighted by atomic mass is 9.88. The first-order valence-corrected chi connectivity index (χ1v) is 9.13. The number of carbonyl (C=O) groups is 3. The predicted octanol–water partition coefficient (Wildman–Crippen LogP) is 1.62. The van der Waals surface area contributed by atoms with Crippen LogP contribution in [-0.4, -0.2) is 54.9 Å². The van der Waals surface area contributed by atoms with Crippen molar-refractivity contribution in [3.63, 3.8) is 0 Å². The maximum absolute atomic E-state index is 12.8. The number of ether oxygens (including phenoxy) is 2. The van der Waals surface area contributed by atoms with Gasteiger partial charge in [0, 0.05) is 31.2 Å². The molecule has 3 aliphatic heterocycles. The van der Waals surface area contributed by atoms with Crippen LogP contribution in [0.4, 0.5) is 5.69 Å². The Hall–Kier alpha value is -2.41. The van der Waals surface area contributed by atoms with Crippen LogP contribution in [0.2, 0.25) is 0 Å². The Labute approximate surface area is 151 Å². The summed E-state index contributed by atoms with van der Waals surface area (Å²) >= 11 is 0. The Morgan fingerprint density at radius 2 is 1.96 bits per heavy atom. The molecule has 0 saturated carbocycles. The van der Waals surface area contributed by atoms with Gasteiger partial charge in [-0.2, -0.15) is 0 Å². The molecule has 4 rings (SSSR count). The first-order valence-electron chi connectivity index (χ1n) is 9.13. The molecule has 138 valence electrons. The largest absolute Gasteiger partial charge is 0.482 e. The van der Waals surface area contributed by atoms with Crippen LogP contribution in [0.1, 0.15) is 36.0 Å². The summed E-state index contributed by atoms with van der Waals surface area (Å²) in [7, 11) is 0. The lowest BCUT2D eigenvalue weighted by Crippen LogP contribution is -2.44. The van der Waals surface area contributed by atoms with E-state index in [0.29, 0.717) is 49.5 Å². The van der Waals surface area contributed by atoms with E-state index in [1.165, 1.54) is 0 Å². The monoisotopic (exact) mass is 358 g/mol. The highest BCUT2D eigenvalue weighted by atomic mass is 16.5. The Morgan fingerprint density at radius 1 is 1.15 bits per heavy atom. The van der Waals surface area contributed by atoms with Crippen LogP contribution in [0, 0.1) is 5.92 Å². The molecule has 0 bridgehead atoms. The van der Waals surface area contributed by atoms with Gasteiger partial charge in [0.15, 0.2) is 12.4 Å². The number of hydrogen-bond donors (Lipinski definition) is 1. The highest BCUT2D eigenvalue weighted by Gasteiger charge is 2.33. The molecular formula is C19H22N2O5. The smallest absolute Gasteiger partial charge is 0.262 e. The molecule has 0 spiro atoms. The molecule has 7 heteroatoms. The second-order valence-corrected chi connectivity index (χ2v) is 7.01. The van der Waals surface area contributed by atoms with Crippen LogP contribution in [0.25, 0.3) is 0 Å². The highest BCUT2D eigenvalue weighted by Crippen LogP contribution is 2.31. The molecule has 1 aromatic carbocycles. The van der Waals surface area contributed by atoms with Crippen LogP contribution in [-0.2, 0) is 14.3 Å². The third-order valence-corrected chi connectivity index (χ3v) is 5.28. The highest BCUT2D eigenvalue weighted by molar-refractivity contribution is 6.01. The first-order chi connectivity index (χ1) is 12.6. The summed E-state index contributed by atoms with van der Waals surface area (Å²) in [5.41, 5.74) is 1.11. The van der Waals surface area contributed by atoms with Crippen molar-refractivity contribution >= 4 is 23.3 Å². The van der Waals surface area contributed by atoms with Gasteiger partial charge in [0.1, 0.15) is 11.9 Å². The van der Waals surface area contributed by atoms with Crippen LogP contribution >= 0.6 is 0 Å². The van der Waals surface area contributed by atoms with Crippen molar-refractivity contribution in [2.45, 2.75) is 31.8 Å². The SMILES string of the molecule is O=C1COc2ccc(C(=O)C3CCN(C(=O)[C@H]4CCCO4)CC3)cc2N1. The summed E-state index contributed by atoms with van der Waals surface area (Å²) in [6.45, 7) is 1.82. The molecule has 26 heavy (non-hydrogen) atoms. The van der Waals surface area contributed by atoms with Crippen LogP contribution in [0.15, 0.2) is 18.2 Å². The molecule has 0 aromatic heterocycles. The van der Waals surface area contributed by atoms with Crippen molar-refractivity contribution in [3.05, 3.63) is 23.8 Å². The minimum absolute atomic E-state index is 0.00249. The van der Waals surface area contributed by atoms with E-state index in [1.54, 1.807) is 18.2 Å². The van der Waals surface area contributed by atoms with Gasteiger partial charge >= 0.3 is 0 Å². The summed E-state index contributed by atoms with van der Waals surface area (Å²) in [5, 5.41) is 2.73. The van der Waals surface area contributed by atoms with Gasteiger partial charge in [0.2, 0.25) is 0 Å². The van der Waals surface area contributed by atoms with Crippen molar-refractivity contribution in [2.75, 3.05) is 31.6 Å². The van der Waals surface area contributed by atoms with Gasteiger partial charge < -0.3 is 19.7 Å². The predicted molar refractivity (Wildman–Crippen MR) is 93.2 cm³/mol. The van der Waals surface area contributed by atoms with E-state index >= 15 is 0 Å². The molecule has 0 aliphatic carbocycles. The number of rotatable bonds is 3. The minimum Gasteiger partial charge on any atom is -0.482 e. The van der Waals surface area contributed by atoms with Gasteiger partial charge in [0.25, 0.3) is 11.8 Å². The molecule has 3 heterocycles. The van der Waals surface area contributed by atoms with E-state index in [1.807, 2.05) is 4.90 Å². The quantitative estimate of drug-likeness (QED) is 0.830. The molecule has 2 saturated heterocycles. The van der Waals surface area contributed by atoms with Gasteiger partial charge in [-0.25, -0.2) is 0 Å². The van der Waals surface area contributed by atoms with E-state index < -0.39 is 0 Å². The zero-order valence-electron chi connectivity index (χ0n) is 14.5. The molecule has 2 fully saturated rings. The Morgan fingerprint density at radius 3 is 2.69 bits per heavy atom. The average molecular weight is 358 g/mol. The maximum Gasteiger partial charge on any atom is 0.262 e. The maximum atomic E-state index is 12.8. The minimum atomic E-state index is -0.300. The van der Waals surface area contributed by atoms with Crippen molar-refractivity contribution in [2.24, 2.45) is 5.92 Å². The van der Waals surface area contributed by atoms with Gasteiger partial charge in [-0.15, -0.1) is 0 Å². The van der Waals surface area contributed by atoms with Crippen LogP contribution in [0.5, 0.6) is 5.75 Å². The van der Waals surface area contributed by atoms with E-state index in [2.05, 4.69) is 5.32 Å². The number of carbonyl (C=O) groups excluding carboxylic acids is 3. The molecule has 1 atom stereocenters. The van der Waals surface area contributed by atoms with Crippen molar-refractivity contribution in [1.29, 1.82) is 0 Å². The number of likely N-dealkylation sites (tertiary alicyclic amines) is 1. The van der Waals surface area contributed by atoms with Gasteiger partial charge in [-0.3, -0.25) is 14.4 Å². The number of ketones is 1. The van der Waals surface area contributed by atoms with Crippen LogP contribution in [0.3, 0.4) is 0 Å². The second kappa shape index (κ2) is 7.07. The van der Waals surface area contributed by atoms with E-state index in [0.717, 1.165) is 12.8 Å². The lowest BCUT2D eigenvalue weighted by Gasteiger charge is -2.32. The van der Waals surface area contributed by atoms with Gasteiger partial charge in [-0.05, 0) is 43.9 Å². The summed E-state index contributed by atoms with van der Waals surface area (Å²) in [6, 6.07) is 5.14. The molecule has 1 N–H and O–H groups in total. The third-order valence-electron chi connectivity index (χ3n) is 5.28. The number of fused-ring (bicyclic) bond motifs is 1. The standard InChI is InChI=1S/C19H22N2O5/c22-17-11-26-15-4-3-13(10-14(15)20-17)18(23)12-5-7-21(8-6-12)19(24)16-2-1-9-25-16/h3-4,10,12,16H,1-2,5-9,11H2,(H,20,22)/t16-/m1/s1. The molecular weight excluding hydrogens is 336 g/mol. The second-order valence-electron chi connectivity index (χ2n) is 7.01. The molecule has 1 aromatic rings. The zero-order valence-corrected chi connectivity index (χ0v) is 14.5. The number of benzene rings is 1. The van der Waals surface area contributed by atoms with Crippen molar-refractivity contribution < 1.29 is 23.9 Å². The Kier molecular flexibility index (Phi) is 4.63. The molecule has 2 amide bonds. The fraction of sp³-hybridized carbons (Fsp3) is 0.526. The topological polar surface area (TPSA) is 84.9 Å². The molecule has 7 nitrogen and oxygen atoms in total. The number of Topliss-reactive ketones (excluding diaryl/α,β-unsaturated/α-hetero) is 1. The third kappa shape index (κ3) is 3.31. The zero-order chi connectivity index (χ0) is 18.1. The number of amides is 2. The van der Waals surface area contributed by atoms with E-state index in [4.69, 9.17) is 9.47 Å². The van der Waals surface area contributed by atoms with E-state index in [9.17, 15) is 14.4 Å². The first kappa shape index (κ1) is 17.0. The molecule has 0 radical (unpaired) electrons. The molecule has 0 unspecified atom stereocenters. The average Bonchev–Trinajstić information content (AvgIpc) is 3.21. The van der Waals surface area contributed by atoms with E-state index in [-0.39, 0.29) is 36.2 Å². The normalized spacial score (nSPS) is 23.2. The fourth-order valence-corrected chi connectivity index (χ4v) is 3.81.